The number of aryl methyl sites for hydroxylation is 1. The molecule has 1 aromatic heterocycles. The fourth-order valence-electron chi connectivity index (χ4n) is 4.92. The van der Waals surface area contributed by atoms with Crippen LogP contribution in [0.2, 0.25) is 0 Å². The average Bonchev–Trinajstić information content (AvgIpc) is 3.12. The molecule has 8 heteroatoms. The smallest absolute Gasteiger partial charge is 0.271 e. The van der Waals surface area contributed by atoms with Crippen molar-refractivity contribution in [2.24, 2.45) is 11.8 Å². The number of carbonyl (C=O) groups is 1. The third kappa shape index (κ3) is 6.01. The summed E-state index contributed by atoms with van der Waals surface area (Å²) in [5.41, 5.74) is 3.31. The molecule has 0 saturated heterocycles. The number of nitrogens with zero attached hydrogens (tertiary/aromatic N) is 2. The van der Waals surface area contributed by atoms with E-state index < -0.39 is 9.84 Å². The molecule has 34 heavy (non-hydrogen) atoms. The molecule has 1 heterocycles. The number of rotatable bonds is 9. The van der Waals surface area contributed by atoms with Crippen LogP contribution in [0.3, 0.4) is 0 Å². The van der Waals surface area contributed by atoms with Crippen molar-refractivity contribution in [2.45, 2.75) is 71.5 Å². The van der Waals surface area contributed by atoms with Crippen molar-refractivity contribution in [3.05, 3.63) is 41.0 Å². The zero-order valence-corrected chi connectivity index (χ0v) is 22.2. The Balaban J connectivity index is 1.77. The van der Waals surface area contributed by atoms with E-state index in [4.69, 9.17) is 4.74 Å². The molecule has 1 aromatic carbocycles. The summed E-state index contributed by atoms with van der Waals surface area (Å²) >= 11 is 0. The Labute approximate surface area is 204 Å². The van der Waals surface area contributed by atoms with Crippen LogP contribution in [0.5, 0.6) is 5.75 Å². The summed E-state index contributed by atoms with van der Waals surface area (Å²) in [6, 6.07) is 6.23. The van der Waals surface area contributed by atoms with Crippen LogP contribution in [0, 0.1) is 18.8 Å². The van der Waals surface area contributed by atoms with Crippen LogP contribution < -0.4 is 10.1 Å². The second-order valence-corrected chi connectivity index (χ2v) is 12.3. The van der Waals surface area contributed by atoms with Gasteiger partial charge < -0.3 is 10.1 Å². The molecule has 0 bridgehead atoms. The highest BCUT2D eigenvalue weighted by molar-refractivity contribution is 7.91. The number of ether oxygens (including phenoxy) is 1. The van der Waals surface area contributed by atoms with Gasteiger partial charge in [0.15, 0.2) is 0 Å². The first-order valence-electron chi connectivity index (χ1n) is 12.3. The highest BCUT2D eigenvalue weighted by Crippen LogP contribution is 2.30. The molecule has 0 unspecified atom stereocenters. The molecular weight excluding hydrogens is 450 g/mol. The van der Waals surface area contributed by atoms with Gasteiger partial charge in [-0.3, -0.25) is 9.36 Å². The van der Waals surface area contributed by atoms with Gasteiger partial charge in [-0.15, -0.1) is 0 Å². The van der Waals surface area contributed by atoms with Crippen LogP contribution in [0.25, 0.3) is 5.69 Å². The van der Waals surface area contributed by atoms with E-state index in [-0.39, 0.29) is 11.2 Å². The second-order valence-electron chi connectivity index (χ2n) is 9.94. The van der Waals surface area contributed by atoms with Crippen molar-refractivity contribution >= 4 is 15.7 Å². The Bertz CT molecular complexity index is 1110. The van der Waals surface area contributed by atoms with Crippen molar-refractivity contribution in [3.63, 3.8) is 0 Å². The number of nitrogens with one attached hydrogen (secondary N) is 1. The first-order valence-corrected chi connectivity index (χ1v) is 14.2. The van der Waals surface area contributed by atoms with Crippen LogP contribution in [0.4, 0.5) is 0 Å². The third-order valence-corrected chi connectivity index (χ3v) is 8.47. The van der Waals surface area contributed by atoms with Crippen LogP contribution >= 0.6 is 0 Å². The minimum atomic E-state index is -2.99. The number of benzene rings is 1. The minimum absolute atomic E-state index is 0.188. The first kappa shape index (κ1) is 26.3. The maximum Gasteiger partial charge on any atom is 0.271 e. The van der Waals surface area contributed by atoms with E-state index in [2.05, 4.69) is 36.3 Å². The minimum Gasteiger partial charge on any atom is -0.495 e. The molecule has 1 aliphatic carbocycles. The molecule has 3 rings (SSSR count). The molecule has 1 saturated carbocycles. The predicted molar refractivity (Wildman–Crippen MR) is 136 cm³/mol. The van der Waals surface area contributed by atoms with E-state index in [0.717, 1.165) is 42.2 Å². The fourth-order valence-corrected chi connectivity index (χ4v) is 6.05. The molecule has 0 aliphatic heterocycles. The molecular formula is C26H39N3O4S. The fraction of sp³-hybridized carbons (Fsp3) is 0.615. The van der Waals surface area contributed by atoms with E-state index in [1.165, 1.54) is 11.8 Å². The highest BCUT2D eigenvalue weighted by Gasteiger charge is 2.28. The normalized spacial score (nSPS) is 18.8. The van der Waals surface area contributed by atoms with Gasteiger partial charge in [-0.25, -0.2) is 13.4 Å². The lowest BCUT2D eigenvalue weighted by atomic mass is 9.89. The van der Waals surface area contributed by atoms with Crippen molar-refractivity contribution in [2.75, 3.05) is 19.9 Å². The van der Waals surface area contributed by atoms with Crippen LogP contribution in [0.1, 0.15) is 74.0 Å². The van der Waals surface area contributed by atoms with Gasteiger partial charge in [0.25, 0.3) is 5.91 Å². The zero-order valence-electron chi connectivity index (χ0n) is 21.3. The lowest BCUT2D eigenvalue weighted by Gasteiger charge is -2.27. The topological polar surface area (TPSA) is 90.3 Å². The molecule has 1 amide bonds. The Morgan fingerprint density at radius 3 is 2.47 bits per heavy atom. The monoisotopic (exact) mass is 489 g/mol. The van der Waals surface area contributed by atoms with Crippen molar-refractivity contribution in [1.29, 1.82) is 0 Å². The summed E-state index contributed by atoms with van der Waals surface area (Å²) in [5.74, 6) is 2.23. The summed E-state index contributed by atoms with van der Waals surface area (Å²) in [4.78, 5) is 17.7. The summed E-state index contributed by atoms with van der Waals surface area (Å²) in [5, 5.41) is 2.80. The second kappa shape index (κ2) is 10.9. The van der Waals surface area contributed by atoms with E-state index >= 15 is 0 Å². The van der Waals surface area contributed by atoms with Gasteiger partial charge in [-0.1, -0.05) is 26.8 Å². The maximum absolute atomic E-state index is 13.1. The standard InChI is InChI=1S/C26H39N3O4S/c1-7-24-28-25(26(30)27-16-19-8-11-21(12-9-19)34(6,31)32)18(4)29(24)22-13-10-20(14-17(2)3)15-23(22)33-5/h10,13,15,17,19,21H,7-9,11-12,14,16H2,1-6H3,(H,27,30). The number of sulfone groups is 1. The van der Waals surface area contributed by atoms with E-state index in [0.29, 0.717) is 43.3 Å². The molecule has 7 nitrogen and oxygen atoms in total. The lowest BCUT2D eigenvalue weighted by molar-refractivity contribution is 0.0938. The Morgan fingerprint density at radius 2 is 1.91 bits per heavy atom. The van der Waals surface area contributed by atoms with Gasteiger partial charge in [0.1, 0.15) is 27.1 Å². The zero-order chi connectivity index (χ0) is 25.0. The van der Waals surface area contributed by atoms with Crippen LogP contribution in [-0.4, -0.2) is 49.0 Å². The molecule has 0 atom stereocenters. The Kier molecular flexibility index (Phi) is 8.44. The summed E-state index contributed by atoms with van der Waals surface area (Å²) < 4.78 is 31.3. The van der Waals surface area contributed by atoms with Gasteiger partial charge in [-0.2, -0.15) is 0 Å². The number of carbonyl (C=O) groups excluding carboxylic acids is 1. The number of methoxy groups -OCH3 is 1. The van der Waals surface area contributed by atoms with E-state index in [9.17, 15) is 13.2 Å². The number of hydrogen-bond acceptors (Lipinski definition) is 5. The third-order valence-electron chi connectivity index (χ3n) is 6.79. The SMILES string of the molecule is CCc1nc(C(=O)NCC2CCC(S(C)(=O)=O)CC2)c(C)n1-c1ccc(CC(C)C)cc1OC. The number of aromatic nitrogens is 2. The van der Waals surface area contributed by atoms with Crippen LogP contribution in [0.15, 0.2) is 18.2 Å². The number of imidazole rings is 1. The summed E-state index contributed by atoms with van der Waals surface area (Å²) in [6.45, 7) is 8.87. The van der Waals surface area contributed by atoms with Gasteiger partial charge in [0.05, 0.1) is 23.7 Å². The number of amides is 1. The highest BCUT2D eigenvalue weighted by atomic mass is 32.2. The van der Waals surface area contributed by atoms with E-state index in [1.54, 1.807) is 7.11 Å². The van der Waals surface area contributed by atoms with Gasteiger partial charge in [0, 0.05) is 19.2 Å². The molecule has 1 aliphatic rings. The average molecular weight is 490 g/mol. The summed E-state index contributed by atoms with van der Waals surface area (Å²) in [7, 11) is -1.32. The van der Waals surface area contributed by atoms with Crippen molar-refractivity contribution < 1.29 is 17.9 Å². The Hall–Kier alpha value is -2.35. The van der Waals surface area contributed by atoms with Gasteiger partial charge in [0.2, 0.25) is 0 Å². The maximum atomic E-state index is 13.1. The van der Waals surface area contributed by atoms with E-state index in [1.807, 2.05) is 24.5 Å². The molecule has 1 fully saturated rings. The molecule has 1 N–H and O–H groups in total. The van der Waals surface area contributed by atoms with Crippen molar-refractivity contribution in [3.8, 4) is 11.4 Å². The quantitative estimate of drug-likeness (QED) is 0.568. The molecule has 0 spiro atoms. The molecule has 0 radical (unpaired) electrons. The van der Waals surface area contributed by atoms with Crippen molar-refractivity contribution in [1.82, 2.24) is 14.9 Å². The summed E-state index contributed by atoms with van der Waals surface area (Å²) in [6.07, 6.45) is 5.92. The molecule has 2 aromatic rings. The van der Waals surface area contributed by atoms with Gasteiger partial charge in [-0.05, 0) is 68.6 Å². The Morgan fingerprint density at radius 1 is 1.24 bits per heavy atom. The first-order chi connectivity index (χ1) is 16.0. The number of hydrogen-bond donors (Lipinski definition) is 1. The van der Waals surface area contributed by atoms with Gasteiger partial charge >= 0.3 is 0 Å². The predicted octanol–water partition coefficient (Wildman–Crippen LogP) is 4.28. The lowest BCUT2D eigenvalue weighted by Crippen LogP contribution is -2.34. The van der Waals surface area contributed by atoms with Crippen LogP contribution in [-0.2, 0) is 22.7 Å². The largest absolute Gasteiger partial charge is 0.495 e. The molecule has 188 valence electrons.